The highest BCUT2D eigenvalue weighted by Gasteiger charge is 2.40. The second-order valence-electron chi connectivity index (χ2n) is 4.85. The zero-order valence-corrected chi connectivity index (χ0v) is 13.4. The van der Waals surface area contributed by atoms with Crippen LogP contribution in [-0.4, -0.2) is 18.0 Å². The molecule has 1 saturated carbocycles. The van der Waals surface area contributed by atoms with Crippen molar-refractivity contribution >= 4 is 43.5 Å². The van der Waals surface area contributed by atoms with Crippen molar-refractivity contribution in [2.75, 3.05) is 11.1 Å². The molecular weight excluding hydrogens is 314 g/mol. The molecule has 0 radical (unpaired) electrons. The van der Waals surface area contributed by atoms with Crippen LogP contribution in [0.1, 0.15) is 23.3 Å². The van der Waals surface area contributed by atoms with E-state index in [-0.39, 0.29) is 16.0 Å². The van der Waals surface area contributed by atoms with E-state index in [4.69, 9.17) is 5.73 Å². The molecule has 20 heavy (non-hydrogen) atoms. The van der Waals surface area contributed by atoms with Crippen LogP contribution in [0.5, 0.6) is 0 Å². The number of thiophene rings is 1. The van der Waals surface area contributed by atoms with Crippen molar-refractivity contribution < 1.29 is 8.42 Å². The van der Waals surface area contributed by atoms with Gasteiger partial charge < -0.3 is 11.1 Å². The fraction of sp³-hybridized carbons (Fsp3) is 0.417. The molecule has 108 valence electrons. The van der Waals surface area contributed by atoms with Crippen LogP contribution < -0.4 is 11.1 Å². The molecule has 0 atom stereocenters. The smallest absolute Gasteiger partial charge is 0.187 e. The Labute approximate surface area is 125 Å². The maximum Gasteiger partial charge on any atom is 0.187 e. The highest BCUT2D eigenvalue weighted by molar-refractivity contribution is 7.92. The fourth-order valence-electron chi connectivity index (χ4n) is 1.97. The lowest BCUT2D eigenvalue weighted by molar-refractivity contribution is 0.595. The number of anilines is 2. The van der Waals surface area contributed by atoms with E-state index in [2.05, 4.69) is 9.69 Å². The van der Waals surface area contributed by atoms with Gasteiger partial charge in [-0.15, -0.1) is 11.3 Å². The summed E-state index contributed by atoms with van der Waals surface area (Å²) in [6.45, 7) is 2.63. The van der Waals surface area contributed by atoms with Gasteiger partial charge in [0, 0.05) is 4.88 Å². The van der Waals surface area contributed by atoms with Crippen molar-refractivity contribution in [3.8, 4) is 0 Å². The number of sulfone groups is 1. The Morgan fingerprint density at radius 3 is 2.85 bits per heavy atom. The summed E-state index contributed by atoms with van der Waals surface area (Å²) < 4.78 is 28.7. The van der Waals surface area contributed by atoms with Gasteiger partial charge in [0.15, 0.2) is 15.7 Å². The number of rotatable bonds is 5. The normalized spacial score (nSPS) is 15.4. The first-order valence-corrected chi connectivity index (χ1v) is 9.46. The molecule has 0 aromatic carbocycles. The number of nitrogen functional groups attached to an aromatic ring is 1. The Balaban J connectivity index is 1.86. The van der Waals surface area contributed by atoms with E-state index in [0.29, 0.717) is 11.5 Å². The van der Waals surface area contributed by atoms with E-state index in [1.54, 1.807) is 11.3 Å². The lowest BCUT2D eigenvalue weighted by atomic mass is 10.3. The van der Waals surface area contributed by atoms with Gasteiger partial charge in [0.25, 0.3) is 0 Å². The minimum atomic E-state index is -3.32. The Kier molecular flexibility index (Phi) is 3.47. The highest BCUT2D eigenvalue weighted by atomic mass is 32.2. The summed E-state index contributed by atoms with van der Waals surface area (Å²) in [6.07, 6.45) is 1.45. The third-order valence-electron chi connectivity index (χ3n) is 3.30. The molecule has 0 unspecified atom stereocenters. The van der Waals surface area contributed by atoms with Crippen LogP contribution in [-0.2, 0) is 16.4 Å². The molecule has 2 aromatic rings. The van der Waals surface area contributed by atoms with Gasteiger partial charge in [-0.05, 0) is 48.3 Å². The van der Waals surface area contributed by atoms with Crippen LogP contribution in [0.15, 0.2) is 16.3 Å². The van der Waals surface area contributed by atoms with Gasteiger partial charge in [0.05, 0.1) is 11.8 Å². The molecule has 2 aromatic heterocycles. The van der Waals surface area contributed by atoms with E-state index >= 15 is 0 Å². The summed E-state index contributed by atoms with van der Waals surface area (Å²) in [5, 5.41) is 5.48. The van der Waals surface area contributed by atoms with Gasteiger partial charge >= 0.3 is 0 Å². The molecule has 0 saturated heterocycles. The maximum atomic E-state index is 12.4. The quantitative estimate of drug-likeness (QED) is 0.881. The molecule has 2 heterocycles. The lowest BCUT2D eigenvalue weighted by Crippen LogP contribution is -2.11. The molecule has 3 N–H and O–H groups in total. The number of hydrogen-bond donors (Lipinski definition) is 2. The van der Waals surface area contributed by atoms with Crippen molar-refractivity contribution in [2.45, 2.75) is 36.5 Å². The largest absolute Gasteiger partial charge is 0.382 e. The predicted molar refractivity (Wildman–Crippen MR) is 83.1 cm³/mol. The van der Waals surface area contributed by atoms with Crippen LogP contribution in [0.4, 0.5) is 10.8 Å². The molecule has 0 aliphatic heterocycles. The fourth-order valence-corrected chi connectivity index (χ4v) is 5.70. The van der Waals surface area contributed by atoms with Crippen molar-refractivity contribution in [1.29, 1.82) is 0 Å². The third kappa shape index (κ3) is 2.43. The second-order valence-corrected chi connectivity index (χ2v) is 8.79. The molecule has 0 amide bonds. The van der Waals surface area contributed by atoms with Crippen molar-refractivity contribution in [3.05, 3.63) is 21.9 Å². The zero-order chi connectivity index (χ0) is 14.3. The van der Waals surface area contributed by atoms with Gasteiger partial charge in [-0.2, -0.15) is 4.37 Å². The minimum Gasteiger partial charge on any atom is -0.382 e. The zero-order valence-electron chi connectivity index (χ0n) is 10.9. The number of nitrogens with zero attached hydrogens (tertiary/aromatic N) is 1. The molecule has 1 aliphatic carbocycles. The van der Waals surface area contributed by atoms with Gasteiger partial charge in [-0.25, -0.2) is 8.42 Å². The highest BCUT2D eigenvalue weighted by Crippen LogP contribution is 2.41. The number of aryl methyl sites for hydroxylation is 1. The first-order chi connectivity index (χ1) is 9.50. The molecule has 1 fully saturated rings. The van der Waals surface area contributed by atoms with Crippen molar-refractivity contribution in [3.63, 3.8) is 0 Å². The van der Waals surface area contributed by atoms with E-state index < -0.39 is 9.84 Å². The van der Waals surface area contributed by atoms with Crippen LogP contribution in [0, 0.1) is 6.92 Å². The summed E-state index contributed by atoms with van der Waals surface area (Å²) in [5.74, 6) is 0.118. The van der Waals surface area contributed by atoms with Gasteiger partial charge in [0.2, 0.25) is 0 Å². The Bertz CT molecular complexity index is 729. The number of nitrogens with two attached hydrogens (primary N) is 1. The topological polar surface area (TPSA) is 85.1 Å². The monoisotopic (exact) mass is 329 g/mol. The van der Waals surface area contributed by atoms with Crippen molar-refractivity contribution in [1.82, 2.24) is 4.37 Å². The predicted octanol–water partition coefficient (Wildman–Crippen LogP) is 2.64. The summed E-state index contributed by atoms with van der Waals surface area (Å²) in [4.78, 5) is 1.38. The van der Waals surface area contributed by atoms with E-state index in [9.17, 15) is 8.42 Å². The number of hydrogen-bond acceptors (Lipinski definition) is 7. The van der Waals surface area contributed by atoms with Gasteiger partial charge in [0.1, 0.15) is 9.90 Å². The molecule has 3 rings (SSSR count). The SMILES string of the molecule is Cc1ccsc1CNc1snc(N)c1S(=O)(=O)C1CC1. The molecule has 8 heteroatoms. The molecule has 5 nitrogen and oxygen atoms in total. The van der Waals surface area contributed by atoms with Crippen LogP contribution in [0.25, 0.3) is 0 Å². The average molecular weight is 329 g/mol. The third-order valence-corrected chi connectivity index (χ3v) is 7.60. The molecule has 0 spiro atoms. The van der Waals surface area contributed by atoms with Crippen LogP contribution in [0.2, 0.25) is 0 Å². The summed E-state index contributed by atoms with van der Waals surface area (Å²) in [7, 11) is -3.32. The average Bonchev–Trinajstić information content (AvgIpc) is 3.09. The Hall–Kier alpha value is -1.12. The van der Waals surface area contributed by atoms with Crippen molar-refractivity contribution in [2.24, 2.45) is 0 Å². The Morgan fingerprint density at radius 1 is 1.50 bits per heavy atom. The Morgan fingerprint density at radius 2 is 2.25 bits per heavy atom. The van der Waals surface area contributed by atoms with E-state index in [1.807, 2.05) is 18.4 Å². The summed E-state index contributed by atoms with van der Waals surface area (Å²) >= 11 is 2.76. The first kappa shape index (κ1) is 13.8. The summed E-state index contributed by atoms with van der Waals surface area (Å²) in [5.41, 5.74) is 6.96. The number of nitrogens with one attached hydrogen (secondary N) is 1. The first-order valence-electron chi connectivity index (χ1n) is 6.26. The summed E-state index contributed by atoms with van der Waals surface area (Å²) in [6, 6.07) is 2.05. The van der Waals surface area contributed by atoms with Crippen LogP contribution in [0.3, 0.4) is 0 Å². The van der Waals surface area contributed by atoms with Gasteiger partial charge in [-0.3, -0.25) is 0 Å². The maximum absolute atomic E-state index is 12.4. The van der Waals surface area contributed by atoms with Crippen LogP contribution >= 0.6 is 22.9 Å². The van der Waals surface area contributed by atoms with Gasteiger partial charge in [-0.1, -0.05) is 0 Å². The number of aromatic nitrogens is 1. The lowest BCUT2D eigenvalue weighted by Gasteiger charge is -2.07. The minimum absolute atomic E-state index is 0.118. The molecule has 0 bridgehead atoms. The van der Waals surface area contributed by atoms with E-state index in [0.717, 1.165) is 24.4 Å². The molecule has 1 aliphatic rings. The molecular formula is C12H15N3O2S3. The van der Waals surface area contributed by atoms with E-state index in [1.165, 1.54) is 10.4 Å². The second kappa shape index (κ2) is 5.01. The standard InChI is InChI=1S/C12H15N3O2S3/c1-7-4-5-18-9(7)6-14-12-10(11(13)15-19-12)20(16,17)8-2-3-8/h4-5,8,14H,2-3,6H2,1H3,(H2,13,15).